The topological polar surface area (TPSA) is 55.8 Å². The summed E-state index contributed by atoms with van der Waals surface area (Å²) < 4.78 is 13.6. The van der Waals surface area contributed by atoms with Crippen molar-refractivity contribution in [3.05, 3.63) is 64.4 Å². The molecular formula is C29H39ClFN3O2. The Morgan fingerprint density at radius 1 is 1.17 bits per heavy atom. The van der Waals surface area contributed by atoms with E-state index in [-0.39, 0.29) is 29.1 Å². The van der Waals surface area contributed by atoms with E-state index in [0.717, 1.165) is 37.8 Å². The quantitative estimate of drug-likeness (QED) is 0.404. The first kappa shape index (κ1) is 26.9. The molecule has 0 spiro atoms. The van der Waals surface area contributed by atoms with Gasteiger partial charge in [0.05, 0.1) is 11.6 Å². The van der Waals surface area contributed by atoms with Crippen LogP contribution in [0.5, 0.6) is 0 Å². The molecule has 2 aliphatic carbocycles. The van der Waals surface area contributed by atoms with Crippen molar-refractivity contribution in [2.45, 2.75) is 83.5 Å². The number of benzene rings is 2. The van der Waals surface area contributed by atoms with E-state index in [1.165, 1.54) is 17.7 Å². The van der Waals surface area contributed by atoms with Crippen LogP contribution in [0.1, 0.15) is 64.5 Å². The van der Waals surface area contributed by atoms with Gasteiger partial charge in [-0.05, 0) is 94.0 Å². The highest BCUT2D eigenvalue weighted by atomic mass is 35.5. The number of nitrogens with one attached hydrogen (secondary N) is 1. The number of amides is 2. The molecule has 0 heterocycles. The molecule has 4 rings (SSSR count). The number of aliphatic hydroxyl groups is 1. The Labute approximate surface area is 219 Å². The molecule has 2 saturated carbocycles. The minimum absolute atomic E-state index is 0.00400. The fourth-order valence-electron chi connectivity index (χ4n) is 6.18. The number of carbonyl (C=O) groups is 1. The maximum absolute atomic E-state index is 13.6. The van der Waals surface area contributed by atoms with Crippen LogP contribution in [0.4, 0.5) is 14.9 Å². The first-order valence-corrected chi connectivity index (χ1v) is 13.5. The SMILES string of the molecule is CC(C)N(CCN(C(=O)Nc1ccc(F)c(Cl)c1)C1CC[C@]2(c3cccc(CO)c3)CC2C1)C(C)C. The van der Waals surface area contributed by atoms with Gasteiger partial charge < -0.3 is 15.3 Å². The summed E-state index contributed by atoms with van der Waals surface area (Å²) in [5, 5.41) is 12.5. The average Bonchev–Trinajstić information content (AvgIpc) is 3.59. The van der Waals surface area contributed by atoms with Crippen molar-refractivity contribution in [3.8, 4) is 0 Å². The molecule has 36 heavy (non-hydrogen) atoms. The Kier molecular flexibility index (Phi) is 8.28. The zero-order valence-electron chi connectivity index (χ0n) is 21.8. The van der Waals surface area contributed by atoms with Crippen molar-refractivity contribution in [2.24, 2.45) is 5.92 Å². The van der Waals surface area contributed by atoms with Gasteiger partial charge in [-0.15, -0.1) is 0 Å². The number of fused-ring (bicyclic) bond motifs is 1. The van der Waals surface area contributed by atoms with Crippen LogP contribution in [0, 0.1) is 11.7 Å². The molecule has 0 saturated heterocycles. The van der Waals surface area contributed by atoms with Crippen LogP contribution in [-0.4, -0.2) is 52.2 Å². The summed E-state index contributed by atoms with van der Waals surface area (Å²) in [6, 6.07) is 13.4. The number of carbonyl (C=O) groups excluding carboxylic acids is 1. The fourth-order valence-corrected chi connectivity index (χ4v) is 6.36. The van der Waals surface area contributed by atoms with Gasteiger partial charge in [0.2, 0.25) is 0 Å². The molecule has 0 aliphatic heterocycles. The molecule has 5 nitrogen and oxygen atoms in total. The molecule has 2 amide bonds. The number of urea groups is 1. The Bertz CT molecular complexity index is 1070. The molecule has 2 aromatic carbocycles. The predicted molar refractivity (Wildman–Crippen MR) is 144 cm³/mol. The molecule has 0 bridgehead atoms. The molecule has 2 N–H and O–H groups in total. The third-order valence-electron chi connectivity index (χ3n) is 8.19. The average molecular weight is 516 g/mol. The molecule has 3 atom stereocenters. The van der Waals surface area contributed by atoms with Gasteiger partial charge in [0.15, 0.2) is 0 Å². The maximum atomic E-state index is 13.6. The number of nitrogens with zero attached hydrogens (tertiary/aromatic N) is 2. The van der Waals surface area contributed by atoms with Gasteiger partial charge in [0, 0.05) is 36.9 Å². The van der Waals surface area contributed by atoms with Gasteiger partial charge in [0.1, 0.15) is 5.82 Å². The summed E-state index contributed by atoms with van der Waals surface area (Å²) in [5.41, 5.74) is 2.95. The fraction of sp³-hybridized carbons (Fsp3) is 0.552. The Morgan fingerprint density at radius 3 is 2.56 bits per heavy atom. The molecule has 7 heteroatoms. The third-order valence-corrected chi connectivity index (χ3v) is 8.48. The monoisotopic (exact) mass is 515 g/mol. The number of hydrogen-bond donors (Lipinski definition) is 2. The molecule has 0 radical (unpaired) electrons. The summed E-state index contributed by atoms with van der Waals surface area (Å²) in [4.78, 5) is 17.9. The van der Waals surface area contributed by atoms with Crippen molar-refractivity contribution in [1.82, 2.24) is 9.80 Å². The van der Waals surface area contributed by atoms with Crippen LogP contribution in [0.2, 0.25) is 5.02 Å². The lowest BCUT2D eigenvalue weighted by molar-refractivity contribution is 0.120. The summed E-state index contributed by atoms with van der Waals surface area (Å²) >= 11 is 5.96. The van der Waals surface area contributed by atoms with E-state index < -0.39 is 5.82 Å². The van der Waals surface area contributed by atoms with Gasteiger partial charge >= 0.3 is 6.03 Å². The van der Waals surface area contributed by atoms with Gasteiger partial charge in [-0.1, -0.05) is 35.9 Å². The third kappa shape index (κ3) is 5.71. The van der Waals surface area contributed by atoms with Crippen LogP contribution in [0.25, 0.3) is 0 Å². The van der Waals surface area contributed by atoms with Crippen LogP contribution in [0.15, 0.2) is 42.5 Å². The number of halogens is 2. The highest BCUT2D eigenvalue weighted by molar-refractivity contribution is 6.31. The highest BCUT2D eigenvalue weighted by Gasteiger charge is 2.58. The lowest BCUT2D eigenvalue weighted by atomic mass is 9.80. The number of hydrogen-bond acceptors (Lipinski definition) is 3. The Hall–Kier alpha value is -2.15. The van der Waals surface area contributed by atoms with Crippen molar-refractivity contribution >= 4 is 23.3 Å². The molecular weight excluding hydrogens is 477 g/mol. The van der Waals surface area contributed by atoms with Gasteiger partial charge in [-0.2, -0.15) is 0 Å². The van der Waals surface area contributed by atoms with Crippen molar-refractivity contribution < 1.29 is 14.3 Å². The van der Waals surface area contributed by atoms with E-state index in [2.05, 4.69) is 50.0 Å². The van der Waals surface area contributed by atoms with E-state index in [1.807, 2.05) is 17.0 Å². The van der Waals surface area contributed by atoms with Crippen molar-refractivity contribution in [2.75, 3.05) is 18.4 Å². The zero-order chi connectivity index (χ0) is 26.0. The Morgan fingerprint density at radius 2 is 1.92 bits per heavy atom. The molecule has 0 aromatic heterocycles. The first-order valence-electron chi connectivity index (χ1n) is 13.1. The lowest BCUT2D eigenvalue weighted by Crippen LogP contribution is -2.50. The summed E-state index contributed by atoms with van der Waals surface area (Å²) in [5.74, 6) is 0.0331. The van der Waals surface area contributed by atoms with Crippen molar-refractivity contribution in [1.29, 1.82) is 0 Å². The molecule has 2 fully saturated rings. The second-order valence-corrected chi connectivity index (χ2v) is 11.4. The van der Waals surface area contributed by atoms with Crippen LogP contribution in [0.3, 0.4) is 0 Å². The number of rotatable bonds is 9. The van der Waals surface area contributed by atoms with Crippen molar-refractivity contribution in [3.63, 3.8) is 0 Å². The molecule has 2 unspecified atom stereocenters. The van der Waals surface area contributed by atoms with Gasteiger partial charge in [-0.3, -0.25) is 4.90 Å². The minimum atomic E-state index is -0.501. The second-order valence-electron chi connectivity index (χ2n) is 11.0. The van der Waals surface area contributed by atoms with E-state index >= 15 is 0 Å². The van der Waals surface area contributed by atoms with E-state index in [4.69, 9.17) is 11.6 Å². The maximum Gasteiger partial charge on any atom is 0.322 e. The molecule has 2 aliphatic rings. The van der Waals surface area contributed by atoms with Gasteiger partial charge in [-0.25, -0.2) is 9.18 Å². The normalized spacial score (nSPS) is 23.2. The van der Waals surface area contributed by atoms with E-state index in [9.17, 15) is 14.3 Å². The first-order chi connectivity index (χ1) is 17.1. The minimum Gasteiger partial charge on any atom is -0.392 e. The Balaban J connectivity index is 1.50. The highest BCUT2D eigenvalue weighted by Crippen LogP contribution is 2.62. The molecule has 196 valence electrons. The van der Waals surface area contributed by atoms with E-state index in [1.54, 1.807) is 6.07 Å². The van der Waals surface area contributed by atoms with Crippen LogP contribution in [-0.2, 0) is 12.0 Å². The van der Waals surface area contributed by atoms with Gasteiger partial charge in [0.25, 0.3) is 0 Å². The van der Waals surface area contributed by atoms with Crippen LogP contribution < -0.4 is 5.32 Å². The summed E-state index contributed by atoms with van der Waals surface area (Å²) in [7, 11) is 0. The summed E-state index contributed by atoms with van der Waals surface area (Å²) in [6.45, 7) is 10.2. The van der Waals surface area contributed by atoms with E-state index in [0.29, 0.717) is 30.2 Å². The smallest absolute Gasteiger partial charge is 0.322 e. The lowest BCUT2D eigenvalue weighted by Gasteiger charge is -2.39. The number of aliphatic hydroxyl groups excluding tert-OH is 1. The standard InChI is InChI=1S/C29H39ClFN3O2/c1-19(2)33(20(3)4)12-13-34(28(36)32-24-8-9-27(31)26(30)16-24)25-10-11-29(17-23(29)15-25)22-7-5-6-21(14-22)18-35/h5-9,14,16,19-20,23,25,35H,10-13,15,17-18H2,1-4H3,(H,32,36)/t23?,25?,29-/m1/s1. The summed E-state index contributed by atoms with van der Waals surface area (Å²) in [6.07, 6.45) is 4.05. The zero-order valence-corrected chi connectivity index (χ0v) is 22.6. The largest absolute Gasteiger partial charge is 0.392 e. The van der Waals surface area contributed by atoms with Crippen LogP contribution >= 0.6 is 11.6 Å². The predicted octanol–water partition coefficient (Wildman–Crippen LogP) is 6.43. The number of anilines is 1. The second kappa shape index (κ2) is 11.1. The molecule has 2 aromatic rings.